The predicted molar refractivity (Wildman–Crippen MR) is 82.7 cm³/mol. The first-order chi connectivity index (χ1) is 10.3. The molecule has 0 unspecified atom stereocenters. The number of piperidine rings is 1. The molecule has 1 amide bonds. The van der Waals surface area contributed by atoms with E-state index in [1.165, 1.54) is 0 Å². The predicted octanol–water partition coefficient (Wildman–Crippen LogP) is 2.36. The number of carboxylic acid groups (broad SMARTS) is 1. The molecular formula is C16H25N3O3. The van der Waals surface area contributed by atoms with Crippen LogP contribution in [0.3, 0.4) is 0 Å². The quantitative estimate of drug-likeness (QED) is 0.926. The lowest BCUT2D eigenvalue weighted by atomic mass is 9.93. The number of carboxylic acids is 1. The van der Waals surface area contributed by atoms with Crippen LogP contribution >= 0.6 is 0 Å². The van der Waals surface area contributed by atoms with Crippen LogP contribution in [0.15, 0.2) is 12.4 Å². The number of amides is 1. The minimum Gasteiger partial charge on any atom is -0.481 e. The van der Waals surface area contributed by atoms with Gasteiger partial charge in [-0.15, -0.1) is 0 Å². The van der Waals surface area contributed by atoms with E-state index in [0.29, 0.717) is 18.5 Å². The Morgan fingerprint density at radius 2 is 2.14 bits per heavy atom. The summed E-state index contributed by atoms with van der Waals surface area (Å²) in [6.45, 7) is 7.50. The zero-order valence-corrected chi connectivity index (χ0v) is 13.6. The molecule has 2 heterocycles. The van der Waals surface area contributed by atoms with Crippen molar-refractivity contribution >= 4 is 11.9 Å². The Morgan fingerprint density at radius 1 is 1.41 bits per heavy atom. The SMILES string of the molecule is CC(C)(C)n1cc(C(=O)N2CCC[C@H](CCC(=O)O)C2)cn1. The smallest absolute Gasteiger partial charge is 0.303 e. The fraction of sp³-hybridized carbons (Fsp3) is 0.688. The van der Waals surface area contributed by atoms with E-state index in [-0.39, 0.29) is 23.8 Å². The van der Waals surface area contributed by atoms with Gasteiger partial charge in [0.15, 0.2) is 0 Å². The summed E-state index contributed by atoms with van der Waals surface area (Å²) in [6.07, 6.45) is 6.16. The monoisotopic (exact) mass is 307 g/mol. The highest BCUT2D eigenvalue weighted by Gasteiger charge is 2.26. The molecule has 1 aromatic rings. The topological polar surface area (TPSA) is 75.4 Å². The number of carbonyl (C=O) groups is 2. The van der Waals surface area contributed by atoms with Gasteiger partial charge in [0.2, 0.25) is 0 Å². The van der Waals surface area contributed by atoms with Crippen LogP contribution in [-0.4, -0.2) is 44.8 Å². The Bertz CT molecular complexity index is 545. The van der Waals surface area contributed by atoms with Gasteiger partial charge in [-0.25, -0.2) is 0 Å². The van der Waals surface area contributed by atoms with Crippen LogP contribution in [-0.2, 0) is 10.3 Å². The van der Waals surface area contributed by atoms with Gasteiger partial charge in [0, 0.05) is 25.7 Å². The highest BCUT2D eigenvalue weighted by atomic mass is 16.4. The van der Waals surface area contributed by atoms with E-state index in [1.807, 2.05) is 25.7 Å². The van der Waals surface area contributed by atoms with E-state index >= 15 is 0 Å². The number of hydrogen-bond acceptors (Lipinski definition) is 3. The van der Waals surface area contributed by atoms with Gasteiger partial charge in [-0.3, -0.25) is 14.3 Å². The summed E-state index contributed by atoms with van der Waals surface area (Å²) in [5.74, 6) is -0.489. The molecule has 122 valence electrons. The Kier molecular flexibility index (Phi) is 4.88. The average Bonchev–Trinajstić information content (AvgIpc) is 2.94. The second-order valence-electron chi connectivity index (χ2n) is 7.04. The van der Waals surface area contributed by atoms with Crippen LogP contribution in [0.2, 0.25) is 0 Å². The van der Waals surface area contributed by atoms with Gasteiger partial charge < -0.3 is 10.0 Å². The maximum Gasteiger partial charge on any atom is 0.303 e. The zero-order valence-electron chi connectivity index (χ0n) is 13.6. The highest BCUT2D eigenvalue weighted by Crippen LogP contribution is 2.23. The van der Waals surface area contributed by atoms with Crippen LogP contribution in [0.25, 0.3) is 0 Å². The van der Waals surface area contributed by atoms with Gasteiger partial charge in [0.05, 0.1) is 17.3 Å². The minimum atomic E-state index is -0.769. The molecular weight excluding hydrogens is 282 g/mol. The Labute approximate surface area is 131 Å². The van der Waals surface area contributed by atoms with Gasteiger partial charge in [-0.05, 0) is 46.0 Å². The van der Waals surface area contributed by atoms with Crippen LogP contribution in [0.5, 0.6) is 0 Å². The summed E-state index contributed by atoms with van der Waals surface area (Å²) >= 11 is 0. The van der Waals surface area contributed by atoms with Crippen molar-refractivity contribution in [2.75, 3.05) is 13.1 Å². The van der Waals surface area contributed by atoms with E-state index in [4.69, 9.17) is 5.11 Å². The first kappa shape index (κ1) is 16.5. The van der Waals surface area contributed by atoms with E-state index in [0.717, 1.165) is 19.4 Å². The van der Waals surface area contributed by atoms with Crippen LogP contribution in [0.1, 0.15) is 56.8 Å². The van der Waals surface area contributed by atoms with Crippen LogP contribution in [0, 0.1) is 5.92 Å². The summed E-state index contributed by atoms with van der Waals surface area (Å²) in [5.41, 5.74) is 0.457. The molecule has 22 heavy (non-hydrogen) atoms. The fourth-order valence-corrected chi connectivity index (χ4v) is 2.80. The molecule has 1 atom stereocenters. The molecule has 0 aliphatic carbocycles. The van der Waals surface area contributed by atoms with Gasteiger partial charge in [0.1, 0.15) is 0 Å². The average molecular weight is 307 g/mol. The molecule has 0 radical (unpaired) electrons. The number of carbonyl (C=O) groups excluding carboxylic acids is 1. The maximum absolute atomic E-state index is 12.6. The van der Waals surface area contributed by atoms with Crippen LogP contribution < -0.4 is 0 Å². The summed E-state index contributed by atoms with van der Waals surface area (Å²) in [6, 6.07) is 0. The number of aromatic nitrogens is 2. The van der Waals surface area contributed by atoms with Gasteiger partial charge in [-0.1, -0.05) is 0 Å². The number of hydrogen-bond donors (Lipinski definition) is 1. The number of nitrogens with zero attached hydrogens (tertiary/aromatic N) is 3. The summed E-state index contributed by atoms with van der Waals surface area (Å²) in [7, 11) is 0. The van der Waals surface area contributed by atoms with E-state index < -0.39 is 5.97 Å². The largest absolute Gasteiger partial charge is 0.481 e. The number of likely N-dealkylation sites (tertiary alicyclic amines) is 1. The number of aliphatic carboxylic acids is 1. The highest BCUT2D eigenvalue weighted by molar-refractivity contribution is 5.93. The second-order valence-corrected chi connectivity index (χ2v) is 7.04. The van der Waals surface area contributed by atoms with Crippen molar-refractivity contribution in [1.29, 1.82) is 0 Å². The van der Waals surface area contributed by atoms with Gasteiger partial charge >= 0.3 is 5.97 Å². The zero-order chi connectivity index (χ0) is 16.3. The third-order valence-electron chi connectivity index (χ3n) is 4.09. The molecule has 0 spiro atoms. The van der Waals surface area contributed by atoms with E-state index in [1.54, 1.807) is 17.1 Å². The Hall–Kier alpha value is -1.85. The van der Waals surface area contributed by atoms with Crippen molar-refractivity contribution in [3.63, 3.8) is 0 Å². The fourth-order valence-electron chi connectivity index (χ4n) is 2.80. The molecule has 1 N–H and O–H groups in total. The third kappa shape index (κ3) is 4.08. The van der Waals surface area contributed by atoms with Crippen molar-refractivity contribution in [2.24, 2.45) is 5.92 Å². The molecule has 0 bridgehead atoms. The van der Waals surface area contributed by atoms with Gasteiger partial charge in [-0.2, -0.15) is 5.10 Å². The van der Waals surface area contributed by atoms with Crippen molar-refractivity contribution in [1.82, 2.24) is 14.7 Å². The molecule has 1 fully saturated rings. The molecule has 2 rings (SSSR count). The van der Waals surface area contributed by atoms with Crippen molar-refractivity contribution in [3.05, 3.63) is 18.0 Å². The molecule has 1 aliphatic heterocycles. The van der Waals surface area contributed by atoms with E-state index in [2.05, 4.69) is 5.10 Å². The maximum atomic E-state index is 12.6. The lowest BCUT2D eigenvalue weighted by Crippen LogP contribution is -2.40. The van der Waals surface area contributed by atoms with Crippen molar-refractivity contribution < 1.29 is 14.7 Å². The first-order valence-electron chi connectivity index (χ1n) is 7.83. The minimum absolute atomic E-state index is 0.00414. The number of rotatable bonds is 4. The van der Waals surface area contributed by atoms with E-state index in [9.17, 15) is 9.59 Å². The van der Waals surface area contributed by atoms with Crippen LogP contribution in [0.4, 0.5) is 0 Å². The summed E-state index contributed by atoms with van der Waals surface area (Å²) in [5, 5.41) is 13.1. The lowest BCUT2D eigenvalue weighted by Gasteiger charge is -2.32. The molecule has 0 aromatic carbocycles. The molecule has 1 saturated heterocycles. The molecule has 1 aliphatic rings. The Balaban J connectivity index is 1.99. The lowest BCUT2D eigenvalue weighted by molar-refractivity contribution is -0.137. The molecule has 0 saturated carbocycles. The normalized spacial score (nSPS) is 19.2. The van der Waals surface area contributed by atoms with Crippen molar-refractivity contribution in [2.45, 2.75) is 52.0 Å². The van der Waals surface area contributed by atoms with Crippen molar-refractivity contribution in [3.8, 4) is 0 Å². The molecule has 1 aromatic heterocycles. The first-order valence-corrected chi connectivity index (χ1v) is 7.83. The molecule has 6 nitrogen and oxygen atoms in total. The Morgan fingerprint density at radius 3 is 2.73 bits per heavy atom. The summed E-state index contributed by atoms with van der Waals surface area (Å²) in [4.78, 5) is 25.1. The molecule has 6 heteroatoms. The van der Waals surface area contributed by atoms with Gasteiger partial charge in [0.25, 0.3) is 5.91 Å². The second kappa shape index (κ2) is 6.50. The summed E-state index contributed by atoms with van der Waals surface area (Å²) < 4.78 is 1.80. The standard InChI is InChI=1S/C16H25N3O3/c1-16(2,3)19-11-13(9-17-19)15(22)18-8-4-5-12(10-18)6-7-14(20)21/h9,11-12H,4-8,10H2,1-3H3,(H,20,21)/t12-/m1/s1. The third-order valence-corrected chi connectivity index (χ3v) is 4.09.